The largest absolute Gasteiger partial charge is 0.340 e. The minimum atomic E-state index is -0.143. The van der Waals surface area contributed by atoms with Crippen molar-refractivity contribution >= 4 is 29.0 Å². The fourth-order valence-corrected chi connectivity index (χ4v) is 4.09. The zero-order valence-electron chi connectivity index (χ0n) is 17.4. The molecule has 1 aliphatic heterocycles. The third-order valence-electron chi connectivity index (χ3n) is 5.44. The molecule has 1 N–H and O–H groups in total. The fourth-order valence-electron chi connectivity index (χ4n) is 4.09. The third-order valence-corrected chi connectivity index (χ3v) is 5.44. The van der Waals surface area contributed by atoms with Gasteiger partial charge in [-0.15, -0.1) is 0 Å². The number of anilines is 4. The predicted molar refractivity (Wildman–Crippen MR) is 115 cm³/mol. The fraction of sp³-hybridized carbons (Fsp3) is 0.500. The molecule has 0 radical (unpaired) electrons. The minimum absolute atomic E-state index is 0.138. The molecule has 6 heteroatoms. The zero-order chi connectivity index (χ0) is 20.1. The number of likely N-dealkylation sites (N-methyl/N-ethyl adjacent to an activating group) is 1. The van der Waals surface area contributed by atoms with Crippen LogP contribution in [-0.2, 0) is 4.79 Å². The van der Waals surface area contributed by atoms with Crippen LogP contribution in [0.4, 0.5) is 23.1 Å². The number of benzene rings is 1. The van der Waals surface area contributed by atoms with Gasteiger partial charge in [0.15, 0.2) is 5.82 Å². The molecule has 1 aromatic heterocycles. The van der Waals surface area contributed by atoms with Crippen molar-refractivity contribution in [2.45, 2.75) is 65.0 Å². The number of hydrogen-bond acceptors (Lipinski definition) is 5. The van der Waals surface area contributed by atoms with E-state index in [1.54, 1.807) is 11.1 Å². The second kappa shape index (κ2) is 9.04. The van der Waals surface area contributed by atoms with Crippen molar-refractivity contribution in [3.63, 3.8) is 0 Å². The van der Waals surface area contributed by atoms with Crippen LogP contribution in [0.5, 0.6) is 0 Å². The lowest BCUT2D eigenvalue weighted by Gasteiger charge is -2.43. The molecule has 2 aliphatic rings. The zero-order valence-corrected chi connectivity index (χ0v) is 17.4. The van der Waals surface area contributed by atoms with Gasteiger partial charge in [0.25, 0.3) is 0 Å². The van der Waals surface area contributed by atoms with Gasteiger partial charge in [-0.3, -0.25) is 4.79 Å². The maximum atomic E-state index is 12.9. The summed E-state index contributed by atoms with van der Waals surface area (Å²) in [5, 5.41) is 3.27. The second-order valence-corrected chi connectivity index (χ2v) is 7.06. The Labute approximate surface area is 168 Å². The SMILES string of the molecule is CC.CCC1C(=O)N(C)c2cnc(Nc3ccccc3)nc2N1C1CCCC1. The molecule has 1 aromatic carbocycles. The number of fused-ring (bicyclic) bond motifs is 1. The van der Waals surface area contributed by atoms with E-state index in [2.05, 4.69) is 22.1 Å². The van der Waals surface area contributed by atoms with Crippen molar-refractivity contribution in [2.24, 2.45) is 0 Å². The van der Waals surface area contributed by atoms with E-state index in [1.165, 1.54) is 12.8 Å². The molecule has 1 unspecified atom stereocenters. The third kappa shape index (κ3) is 3.81. The lowest BCUT2D eigenvalue weighted by Crippen LogP contribution is -2.55. The highest BCUT2D eigenvalue weighted by Gasteiger charge is 2.41. The van der Waals surface area contributed by atoms with Crippen LogP contribution in [0.15, 0.2) is 36.5 Å². The molecule has 1 amide bonds. The van der Waals surface area contributed by atoms with Crippen molar-refractivity contribution < 1.29 is 4.79 Å². The molecule has 0 bridgehead atoms. The first-order valence-corrected chi connectivity index (χ1v) is 10.4. The highest BCUT2D eigenvalue weighted by molar-refractivity contribution is 6.04. The molecule has 1 aliphatic carbocycles. The molecule has 0 spiro atoms. The molecule has 1 fully saturated rings. The van der Waals surface area contributed by atoms with Gasteiger partial charge in [-0.2, -0.15) is 4.98 Å². The minimum Gasteiger partial charge on any atom is -0.340 e. The van der Waals surface area contributed by atoms with Gasteiger partial charge < -0.3 is 15.1 Å². The number of amides is 1. The molecule has 28 heavy (non-hydrogen) atoms. The van der Waals surface area contributed by atoms with Crippen LogP contribution in [0.2, 0.25) is 0 Å². The van der Waals surface area contributed by atoms with E-state index in [0.717, 1.165) is 36.5 Å². The van der Waals surface area contributed by atoms with Crippen molar-refractivity contribution in [3.8, 4) is 0 Å². The average Bonchev–Trinajstić information content (AvgIpc) is 3.27. The van der Waals surface area contributed by atoms with Crippen molar-refractivity contribution in [1.82, 2.24) is 9.97 Å². The van der Waals surface area contributed by atoms with Gasteiger partial charge in [0.1, 0.15) is 11.7 Å². The molecular formula is C22H31N5O. The smallest absolute Gasteiger partial charge is 0.249 e. The predicted octanol–water partition coefficient (Wildman–Crippen LogP) is 4.75. The molecule has 0 saturated heterocycles. The van der Waals surface area contributed by atoms with Crippen LogP contribution < -0.4 is 15.1 Å². The van der Waals surface area contributed by atoms with Gasteiger partial charge in [-0.05, 0) is 31.4 Å². The first-order chi connectivity index (χ1) is 13.7. The van der Waals surface area contributed by atoms with Crippen LogP contribution in [0, 0.1) is 0 Å². The first kappa shape index (κ1) is 20.1. The Balaban J connectivity index is 0.00000109. The summed E-state index contributed by atoms with van der Waals surface area (Å²) in [6, 6.07) is 10.2. The van der Waals surface area contributed by atoms with Crippen molar-refractivity contribution in [3.05, 3.63) is 36.5 Å². The van der Waals surface area contributed by atoms with Gasteiger partial charge in [-0.25, -0.2) is 4.98 Å². The highest BCUT2D eigenvalue weighted by Crippen LogP contribution is 2.39. The van der Waals surface area contributed by atoms with E-state index in [4.69, 9.17) is 4.98 Å². The van der Waals surface area contributed by atoms with E-state index >= 15 is 0 Å². The quantitative estimate of drug-likeness (QED) is 0.828. The van der Waals surface area contributed by atoms with Crippen LogP contribution in [0.3, 0.4) is 0 Å². The number of rotatable bonds is 4. The Bertz CT molecular complexity index is 789. The van der Waals surface area contributed by atoms with Gasteiger partial charge >= 0.3 is 0 Å². The lowest BCUT2D eigenvalue weighted by atomic mass is 10.0. The first-order valence-electron chi connectivity index (χ1n) is 10.4. The molecular weight excluding hydrogens is 350 g/mol. The summed E-state index contributed by atoms with van der Waals surface area (Å²) in [5.41, 5.74) is 1.75. The van der Waals surface area contributed by atoms with Crippen molar-refractivity contribution in [1.29, 1.82) is 0 Å². The number of carbonyl (C=O) groups is 1. The number of hydrogen-bond donors (Lipinski definition) is 1. The molecule has 2 heterocycles. The molecule has 150 valence electrons. The summed E-state index contributed by atoms with van der Waals surface area (Å²) in [7, 11) is 1.82. The summed E-state index contributed by atoms with van der Waals surface area (Å²) in [5.74, 6) is 1.58. The van der Waals surface area contributed by atoms with Gasteiger partial charge in [0.05, 0.1) is 6.20 Å². The number of para-hydroxylation sites is 1. The van der Waals surface area contributed by atoms with E-state index in [1.807, 2.05) is 51.2 Å². The molecule has 1 atom stereocenters. The molecule has 6 nitrogen and oxygen atoms in total. The number of aromatic nitrogens is 2. The van der Waals surface area contributed by atoms with Crippen LogP contribution in [0.25, 0.3) is 0 Å². The monoisotopic (exact) mass is 381 g/mol. The van der Waals surface area contributed by atoms with E-state index in [-0.39, 0.29) is 11.9 Å². The Hall–Kier alpha value is -2.63. The van der Waals surface area contributed by atoms with Crippen molar-refractivity contribution in [2.75, 3.05) is 22.2 Å². The number of nitrogens with zero attached hydrogens (tertiary/aromatic N) is 4. The van der Waals surface area contributed by atoms with Crippen LogP contribution >= 0.6 is 0 Å². The summed E-state index contributed by atoms with van der Waals surface area (Å²) in [4.78, 5) is 26.1. The standard InChI is InChI=1S/C20H25N5O.C2H6/c1-3-16-19(26)24(2)17-13-21-20(22-14-9-5-4-6-10-14)23-18(17)25(16)15-11-7-8-12-15;1-2/h4-6,9-10,13,15-16H,3,7-8,11-12H2,1-2H3,(H,21,22,23);1-2H3. The van der Waals surface area contributed by atoms with E-state index in [9.17, 15) is 4.79 Å². The molecule has 2 aromatic rings. The van der Waals surface area contributed by atoms with Crippen LogP contribution in [-0.4, -0.2) is 35.0 Å². The summed E-state index contributed by atoms with van der Waals surface area (Å²) >= 11 is 0. The molecule has 4 rings (SSSR count). The number of carbonyl (C=O) groups excluding carboxylic acids is 1. The van der Waals surface area contributed by atoms with Crippen LogP contribution in [0.1, 0.15) is 52.9 Å². The topological polar surface area (TPSA) is 61.4 Å². The maximum Gasteiger partial charge on any atom is 0.249 e. The Morgan fingerprint density at radius 2 is 1.82 bits per heavy atom. The van der Waals surface area contributed by atoms with Gasteiger partial charge in [-0.1, -0.05) is 51.8 Å². The summed E-state index contributed by atoms with van der Waals surface area (Å²) < 4.78 is 0. The Morgan fingerprint density at radius 3 is 2.46 bits per heavy atom. The molecule has 1 saturated carbocycles. The second-order valence-electron chi connectivity index (χ2n) is 7.06. The maximum absolute atomic E-state index is 12.9. The number of nitrogens with one attached hydrogen (secondary N) is 1. The Morgan fingerprint density at radius 1 is 1.14 bits per heavy atom. The van der Waals surface area contributed by atoms with Gasteiger partial charge in [0.2, 0.25) is 11.9 Å². The van der Waals surface area contributed by atoms with E-state index < -0.39 is 0 Å². The van der Waals surface area contributed by atoms with Gasteiger partial charge in [0, 0.05) is 18.8 Å². The lowest BCUT2D eigenvalue weighted by molar-refractivity contribution is -0.120. The normalized spacial score (nSPS) is 19.1. The average molecular weight is 382 g/mol. The summed E-state index contributed by atoms with van der Waals surface area (Å²) in [6.07, 6.45) is 7.23. The summed E-state index contributed by atoms with van der Waals surface area (Å²) in [6.45, 7) is 6.08. The van der Waals surface area contributed by atoms with E-state index in [0.29, 0.717) is 12.0 Å². The Kier molecular flexibility index (Phi) is 6.49. The highest BCUT2D eigenvalue weighted by atomic mass is 16.2.